The van der Waals surface area contributed by atoms with Crippen LogP contribution in [-0.4, -0.2) is 62.0 Å². The summed E-state index contributed by atoms with van der Waals surface area (Å²) in [4.78, 5) is 53.2. The second-order valence-electron chi connectivity index (χ2n) is 10.3. The van der Waals surface area contributed by atoms with Crippen molar-refractivity contribution in [3.05, 3.63) is 76.8 Å². The summed E-state index contributed by atoms with van der Waals surface area (Å²) in [6.45, 7) is 7.74. The summed E-state index contributed by atoms with van der Waals surface area (Å²) in [6, 6.07) is 6.52. The molecule has 3 rings (SSSR count). The number of fused-ring (bicyclic) bond motifs is 1. The molecule has 4 amide bonds. The summed E-state index contributed by atoms with van der Waals surface area (Å²) >= 11 is 6.10. The van der Waals surface area contributed by atoms with E-state index >= 15 is 4.39 Å². The van der Waals surface area contributed by atoms with E-state index in [4.69, 9.17) is 16.3 Å². The van der Waals surface area contributed by atoms with Gasteiger partial charge in [-0.25, -0.2) is 9.18 Å². The van der Waals surface area contributed by atoms with Crippen LogP contribution in [0.4, 0.5) is 26.2 Å². The van der Waals surface area contributed by atoms with Gasteiger partial charge in [-0.05, 0) is 57.0 Å². The minimum Gasteiger partial charge on any atom is -0.491 e. The topological polar surface area (TPSA) is 138 Å². The van der Waals surface area contributed by atoms with E-state index in [9.17, 15) is 19.2 Å². The Balaban J connectivity index is 1.88. The van der Waals surface area contributed by atoms with Crippen LogP contribution in [0.1, 0.15) is 61.6 Å². The highest BCUT2D eigenvalue weighted by molar-refractivity contribution is 6.30. The average molecular weight is 644 g/mol. The highest BCUT2D eigenvalue weighted by atomic mass is 35.5. The van der Waals surface area contributed by atoms with Gasteiger partial charge >= 0.3 is 6.09 Å². The molecule has 0 aromatic heterocycles. The van der Waals surface area contributed by atoms with Gasteiger partial charge < -0.3 is 30.3 Å². The zero-order valence-electron chi connectivity index (χ0n) is 25.8. The number of methoxy groups -OCH3 is 1. The van der Waals surface area contributed by atoms with Crippen LogP contribution in [0.2, 0.25) is 5.02 Å². The molecular weight excluding hydrogens is 605 g/mol. The number of amides is 4. The van der Waals surface area contributed by atoms with Crippen LogP contribution in [0, 0.1) is 5.82 Å². The highest BCUT2D eigenvalue weighted by Crippen LogP contribution is 2.35. The first-order valence-electron chi connectivity index (χ1n) is 14.5. The van der Waals surface area contributed by atoms with E-state index in [-0.39, 0.29) is 59.5 Å². The third-order valence-corrected chi connectivity index (χ3v) is 7.36. The summed E-state index contributed by atoms with van der Waals surface area (Å²) in [7, 11) is 2.87. The van der Waals surface area contributed by atoms with Crippen molar-refractivity contribution in [3.8, 4) is 0 Å². The molecule has 1 aliphatic rings. The number of rotatable bonds is 10. The summed E-state index contributed by atoms with van der Waals surface area (Å²) in [5.74, 6) is -1.53. The van der Waals surface area contributed by atoms with Crippen molar-refractivity contribution >= 4 is 52.5 Å². The molecule has 0 radical (unpaired) electrons. The Hall–Kier alpha value is -4.58. The van der Waals surface area contributed by atoms with Crippen molar-refractivity contribution in [1.29, 1.82) is 0 Å². The first-order chi connectivity index (χ1) is 21.5. The minimum absolute atomic E-state index is 0.0601. The maximum Gasteiger partial charge on any atom is 0.411 e. The molecule has 0 fully saturated rings. The van der Waals surface area contributed by atoms with Gasteiger partial charge in [-0.1, -0.05) is 30.3 Å². The van der Waals surface area contributed by atoms with Gasteiger partial charge in [0.05, 0.1) is 34.7 Å². The molecule has 1 unspecified atom stereocenters. The Morgan fingerprint density at radius 1 is 1.22 bits per heavy atom. The van der Waals surface area contributed by atoms with Crippen LogP contribution in [0.25, 0.3) is 0 Å². The number of halogens is 2. The highest BCUT2D eigenvalue weighted by Gasteiger charge is 2.29. The van der Waals surface area contributed by atoms with Crippen LogP contribution in [0.3, 0.4) is 0 Å². The normalized spacial score (nSPS) is 16.4. The number of anilines is 3. The monoisotopic (exact) mass is 643 g/mol. The number of carbonyl (C=O) groups excluding carboxylic acids is 4. The molecule has 1 aliphatic heterocycles. The second-order valence-corrected chi connectivity index (χ2v) is 10.7. The number of nitrogens with one attached hydrogen (secondary N) is 4. The number of allylic oxidation sites excluding steroid dienone is 2. The molecule has 13 heteroatoms. The van der Waals surface area contributed by atoms with Crippen LogP contribution >= 0.6 is 11.6 Å². The summed E-state index contributed by atoms with van der Waals surface area (Å²) < 4.78 is 25.8. The van der Waals surface area contributed by atoms with Crippen molar-refractivity contribution in [2.45, 2.75) is 51.7 Å². The predicted molar refractivity (Wildman–Crippen MR) is 172 cm³/mol. The van der Waals surface area contributed by atoms with Crippen molar-refractivity contribution in [1.82, 2.24) is 10.2 Å². The molecule has 4 N–H and O–H groups in total. The van der Waals surface area contributed by atoms with Gasteiger partial charge in [-0.2, -0.15) is 0 Å². The third-order valence-electron chi connectivity index (χ3n) is 7.07. The lowest BCUT2D eigenvalue weighted by Gasteiger charge is -2.29. The van der Waals surface area contributed by atoms with Crippen LogP contribution in [0.5, 0.6) is 0 Å². The SMILES string of the molecule is C=C(C)O[C@H](CCN(CC)C(=O)C1C/C=C/CCC(=O)Nc2cc(NC(=O)OC)ccc2C(=O)N1)c1c(NC)ccc(Cl)c1F. The molecule has 2 aromatic carbocycles. The van der Waals surface area contributed by atoms with E-state index < -0.39 is 30.0 Å². The Bertz CT molecular complexity index is 1470. The number of ether oxygens (including phenoxy) is 2. The van der Waals surface area contributed by atoms with Gasteiger partial charge in [-0.15, -0.1) is 0 Å². The molecule has 242 valence electrons. The molecule has 1 heterocycles. The lowest BCUT2D eigenvalue weighted by molar-refractivity contribution is -0.133. The zero-order chi connectivity index (χ0) is 33.1. The second kappa shape index (κ2) is 16.5. The van der Waals surface area contributed by atoms with Gasteiger partial charge in [0.15, 0.2) is 5.82 Å². The van der Waals surface area contributed by atoms with E-state index in [1.807, 2.05) is 0 Å². The molecule has 0 saturated heterocycles. The van der Waals surface area contributed by atoms with Gasteiger partial charge in [0.1, 0.15) is 12.1 Å². The molecule has 0 bridgehead atoms. The number of hydrogen-bond donors (Lipinski definition) is 4. The minimum atomic E-state index is -0.944. The van der Waals surface area contributed by atoms with Crippen LogP contribution in [-0.2, 0) is 19.1 Å². The quantitative estimate of drug-likeness (QED) is 0.184. The predicted octanol–water partition coefficient (Wildman–Crippen LogP) is 6.01. The Morgan fingerprint density at radius 2 is 1.98 bits per heavy atom. The number of hydrogen-bond acceptors (Lipinski definition) is 7. The van der Waals surface area contributed by atoms with Crippen molar-refractivity contribution in [2.75, 3.05) is 43.2 Å². The zero-order valence-corrected chi connectivity index (χ0v) is 26.6. The Kier molecular flexibility index (Phi) is 12.8. The first-order valence-corrected chi connectivity index (χ1v) is 14.9. The Morgan fingerprint density at radius 3 is 2.64 bits per heavy atom. The molecule has 0 aliphatic carbocycles. The van der Waals surface area contributed by atoms with Crippen molar-refractivity contribution in [3.63, 3.8) is 0 Å². The van der Waals surface area contributed by atoms with E-state index in [2.05, 4.69) is 32.6 Å². The first kappa shape index (κ1) is 34.9. The number of carbonyl (C=O) groups is 4. The van der Waals surface area contributed by atoms with E-state index in [1.54, 1.807) is 44.0 Å². The van der Waals surface area contributed by atoms with E-state index in [0.29, 0.717) is 30.1 Å². The lowest BCUT2D eigenvalue weighted by Crippen LogP contribution is -2.49. The fourth-order valence-corrected chi connectivity index (χ4v) is 5.01. The summed E-state index contributed by atoms with van der Waals surface area (Å²) in [5.41, 5.74) is 1.28. The lowest BCUT2D eigenvalue weighted by atomic mass is 10.0. The summed E-state index contributed by atoms with van der Waals surface area (Å²) in [6.07, 6.45) is 2.95. The molecule has 2 aromatic rings. The largest absolute Gasteiger partial charge is 0.491 e. The molecule has 0 saturated carbocycles. The average Bonchev–Trinajstić information content (AvgIpc) is 3.00. The molecule has 0 spiro atoms. The fourth-order valence-electron chi connectivity index (χ4n) is 4.85. The van der Waals surface area contributed by atoms with Crippen LogP contribution < -0.4 is 21.3 Å². The van der Waals surface area contributed by atoms with Crippen LogP contribution in [0.15, 0.2) is 54.8 Å². The number of nitrogens with zero attached hydrogens (tertiary/aromatic N) is 1. The maximum atomic E-state index is 15.2. The van der Waals surface area contributed by atoms with Gasteiger partial charge in [-0.3, -0.25) is 19.7 Å². The number of benzene rings is 2. The summed E-state index contributed by atoms with van der Waals surface area (Å²) in [5, 5.41) is 10.9. The fraction of sp³-hybridized carbons (Fsp3) is 0.375. The van der Waals surface area contributed by atoms with Gasteiger partial charge in [0.25, 0.3) is 5.91 Å². The van der Waals surface area contributed by atoms with Gasteiger partial charge in [0, 0.05) is 44.4 Å². The standard InChI is InChI=1S/C32H39ClFN5O6/c1-6-39(17-16-26(45-19(2)3)28-23(35-4)15-14-22(33)29(28)34)31(42)24-10-8-7-9-11-27(40)37-25-18-20(36-32(43)44-5)12-13-21(25)30(41)38-24/h7-8,12-15,18,24,26,35H,2,6,9-11,16-17H2,1,3-5H3,(H,36,43)(H,37,40)(H,38,41)/b8-7+/t24?,26-/m1/s1. The smallest absolute Gasteiger partial charge is 0.411 e. The third kappa shape index (κ3) is 9.45. The van der Waals surface area contributed by atoms with Crippen molar-refractivity contribution < 1.29 is 33.0 Å². The number of likely N-dealkylation sites (N-methyl/N-ethyl adjacent to an activating group) is 1. The van der Waals surface area contributed by atoms with E-state index in [0.717, 1.165) is 0 Å². The molecule has 2 atom stereocenters. The molecule has 11 nitrogen and oxygen atoms in total. The van der Waals surface area contributed by atoms with E-state index in [1.165, 1.54) is 31.4 Å². The maximum absolute atomic E-state index is 15.2. The van der Waals surface area contributed by atoms with Gasteiger partial charge in [0.2, 0.25) is 11.8 Å². The van der Waals surface area contributed by atoms with Crippen molar-refractivity contribution in [2.24, 2.45) is 0 Å². The molecular formula is C32H39ClFN5O6. The Labute approximate surface area is 267 Å². The molecule has 45 heavy (non-hydrogen) atoms.